The van der Waals surface area contributed by atoms with Crippen molar-refractivity contribution >= 4 is 22.0 Å². The summed E-state index contributed by atoms with van der Waals surface area (Å²) in [4.78, 5) is 13.7. The van der Waals surface area contributed by atoms with Crippen LogP contribution >= 0.6 is 15.9 Å². The van der Waals surface area contributed by atoms with E-state index in [1.54, 1.807) is 0 Å². The Morgan fingerprint density at radius 3 is 2.61 bits per heavy atom. The number of piperidine rings is 1. The van der Waals surface area contributed by atoms with Crippen LogP contribution in [0.5, 0.6) is 0 Å². The molecule has 2 fully saturated rings. The van der Waals surface area contributed by atoms with Crippen LogP contribution in [0.1, 0.15) is 44.9 Å². The molecule has 104 valence electrons. The van der Waals surface area contributed by atoms with Crippen LogP contribution < -0.4 is 5.32 Å². The molecule has 1 heterocycles. The van der Waals surface area contributed by atoms with Gasteiger partial charge in [-0.1, -0.05) is 6.42 Å². The number of nitrogens with zero attached hydrogens (tertiary/aromatic N) is 1. The van der Waals surface area contributed by atoms with Crippen molar-refractivity contribution in [2.75, 3.05) is 19.6 Å². The maximum atomic E-state index is 13.2. The fraction of sp³-hybridized carbons (Fsp3) is 0.923. The van der Waals surface area contributed by atoms with E-state index in [-0.39, 0.29) is 11.9 Å². The van der Waals surface area contributed by atoms with Gasteiger partial charge < -0.3 is 10.2 Å². The van der Waals surface area contributed by atoms with Crippen LogP contribution in [-0.4, -0.2) is 35.1 Å². The number of carbonyl (C=O) groups is 1. The van der Waals surface area contributed by atoms with Gasteiger partial charge in [-0.25, -0.2) is 9.18 Å². The second-order valence-electron chi connectivity index (χ2n) is 5.44. The van der Waals surface area contributed by atoms with Crippen LogP contribution in [-0.2, 0) is 0 Å². The second-order valence-corrected chi connectivity index (χ2v) is 6.76. The van der Waals surface area contributed by atoms with Crippen molar-refractivity contribution in [1.82, 2.24) is 10.2 Å². The Morgan fingerprint density at radius 1 is 1.33 bits per heavy atom. The first kappa shape index (κ1) is 14.1. The van der Waals surface area contributed by atoms with Gasteiger partial charge in [0.2, 0.25) is 0 Å². The molecule has 1 saturated heterocycles. The number of urea groups is 1. The smallest absolute Gasteiger partial charge is 0.317 e. The number of amides is 2. The number of rotatable bonds is 5. The molecule has 2 unspecified atom stereocenters. The van der Waals surface area contributed by atoms with E-state index in [0.717, 1.165) is 45.2 Å². The zero-order valence-corrected chi connectivity index (χ0v) is 12.3. The quantitative estimate of drug-likeness (QED) is 0.611. The van der Waals surface area contributed by atoms with Crippen LogP contribution in [0.2, 0.25) is 0 Å². The van der Waals surface area contributed by atoms with E-state index in [1.165, 1.54) is 6.42 Å². The SMILES string of the molecule is O=C(NCCCCC1CC1(F)Br)N1CCCCC1. The van der Waals surface area contributed by atoms with Gasteiger partial charge in [0.05, 0.1) is 0 Å². The molecule has 0 spiro atoms. The summed E-state index contributed by atoms with van der Waals surface area (Å²) in [6.45, 7) is 2.49. The Balaban J connectivity index is 1.48. The Kier molecular flexibility index (Phi) is 4.87. The van der Waals surface area contributed by atoms with E-state index in [9.17, 15) is 9.18 Å². The molecule has 2 amide bonds. The highest BCUT2D eigenvalue weighted by Gasteiger charge is 2.52. The lowest BCUT2D eigenvalue weighted by Gasteiger charge is -2.26. The maximum Gasteiger partial charge on any atom is 0.317 e. The fourth-order valence-corrected chi connectivity index (χ4v) is 3.12. The third kappa shape index (κ3) is 4.11. The molecule has 2 aliphatic rings. The highest BCUT2D eigenvalue weighted by Crippen LogP contribution is 2.54. The minimum atomic E-state index is -1.08. The number of halogens is 2. The molecule has 3 nitrogen and oxygen atoms in total. The highest BCUT2D eigenvalue weighted by atomic mass is 79.9. The van der Waals surface area contributed by atoms with Crippen LogP contribution in [0.15, 0.2) is 0 Å². The normalized spacial score (nSPS) is 31.2. The lowest BCUT2D eigenvalue weighted by molar-refractivity contribution is 0.186. The van der Waals surface area contributed by atoms with Crippen molar-refractivity contribution in [2.45, 2.75) is 49.5 Å². The molecule has 0 aromatic carbocycles. The van der Waals surface area contributed by atoms with E-state index in [0.29, 0.717) is 13.0 Å². The van der Waals surface area contributed by atoms with Crippen molar-refractivity contribution in [2.24, 2.45) is 5.92 Å². The largest absolute Gasteiger partial charge is 0.338 e. The van der Waals surface area contributed by atoms with Gasteiger partial charge >= 0.3 is 6.03 Å². The molecule has 2 atom stereocenters. The number of hydrogen-bond acceptors (Lipinski definition) is 1. The Morgan fingerprint density at radius 2 is 2.00 bits per heavy atom. The molecule has 2 rings (SSSR count). The summed E-state index contributed by atoms with van der Waals surface area (Å²) in [5, 5.41) is 2.95. The molecule has 1 aliphatic carbocycles. The van der Waals surface area contributed by atoms with Crippen LogP contribution in [0.25, 0.3) is 0 Å². The Hall–Kier alpha value is -0.320. The van der Waals surface area contributed by atoms with Crippen molar-refractivity contribution in [1.29, 1.82) is 0 Å². The molecular formula is C13H22BrFN2O. The molecule has 18 heavy (non-hydrogen) atoms. The van der Waals surface area contributed by atoms with E-state index in [4.69, 9.17) is 0 Å². The monoisotopic (exact) mass is 320 g/mol. The minimum Gasteiger partial charge on any atom is -0.338 e. The number of likely N-dealkylation sites (tertiary alicyclic amines) is 1. The topological polar surface area (TPSA) is 32.3 Å². The summed E-state index contributed by atoms with van der Waals surface area (Å²) in [6, 6.07) is 0.0708. The van der Waals surface area contributed by atoms with Gasteiger partial charge in [0.15, 0.2) is 4.58 Å². The summed E-state index contributed by atoms with van der Waals surface area (Å²) in [6.07, 6.45) is 6.98. The van der Waals surface area contributed by atoms with Crippen molar-refractivity contribution in [3.05, 3.63) is 0 Å². The Bertz CT molecular complexity index is 293. The van der Waals surface area contributed by atoms with Gasteiger partial charge in [-0.2, -0.15) is 0 Å². The summed E-state index contributed by atoms with van der Waals surface area (Å²) >= 11 is 3.05. The third-order valence-corrected chi connectivity index (χ3v) is 4.83. The molecule has 1 saturated carbocycles. The van der Waals surface area contributed by atoms with Gasteiger partial charge in [-0.3, -0.25) is 0 Å². The predicted octanol–water partition coefficient (Wildman–Crippen LogP) is 3.43. The van der Waals surface area contributed by atoms with Crippen molar-refractivity contribution in [3.8, 4) is 0 Å². The molecule has 1 aliphatic heterocycles. The molecule has 0 aromatic rings. The third-order valence-electron chi connectivity index (χ3n) is 3.85. The molecule has 1 N–H and O–H groups in total. The lowest BCUT2D eigenvalue weighted by atomic mass is 10.1. The maximum absolute atomic E-state index is 13.2. The van der Waals surface area contributed by atoms with Crippen molar-refractivity contribution in [3.63, 3.8) is 0 Å². The van der Waals surface area contributed by atoms with Gasteiger partial charge in [-0.05, 0) is 54.5 Å². The standard InChI is InChI=1S/C13H22BrFN2O/c14-13(15)10-11(13)6-2-3-7-16-12(18)17-8-4-1-5-9-17/h11H,1-10H2,(H,16,18). The molecule has 0 aromatic heterocycles. The van der Waals surface area contributed by atoms with E-state index >= 15 is 0 Å². The van der Waals surface area contributed by atoms with Crippen LogP contribution in [0.4, 0.5) is 9.18 Å². The Labute approximate surface area is 117 Å². The van der Waals surface area contributed by atoms with Gasteiger partial charge in [0, 0.05) is 25.6 Å². The first-order valence-electron chi connectivity index (χ1n) is 7.00. The summed E-state index contributed by atoms with van der Waals surface area (Å²) in [7, 11) is 0. The van der Waals surface area contributed by atoms with E-state index < -0.39 is 4.58 Å². The highest BCUT2D eigenvalue weighted by molar-refractivity contribution is 9.10. The van der Waals surface area contributed by atoms with E-state index in [1.807, 2.05) is 4.90 Å². The zero-order valence-electron chi connectivity index (χ0n) is 10.8. The molecule has 0 radical (unpaired) electrons. The first-order chi connectivity index (χ1) is 8.59. The lowest BCUT2D eigenvalue weighted by Crippen LogP contribution is -2.43. The fourth-order valence-electron chi connectivity index (χ4n) is 2.50. The zero-order chi connectivity index (χ0) is 13.0. The first-order valence-corrected chi connectivity index (χ1v) is 7.79. The number of unbranched alkanes of at least 4 members (excludes halogenated alkanes) is 1. The summed E-state index contributed by atoms with van der Waals surface area (Å²) in [5.74, 6) is 0.190. The minimum absolute atomic E-state index is 0.0708. The number of nitrogens with one attached hydrogen (secondary N) is 1. The molecule has 0 bridgehead atoms. The van der Waals surface area contributed by atoms with Crippen LogP contribution in [0.3, 0.4) is 0 Å². The number of hydrogen-bond donors (Lipinski definition) is 1. The van der Waals surface area contributed by atoms with E-state index in [2.05, 4.69) is 21.2 Å². The van der Waals surface area contributed by atoms with Gasteiger partial charge in [0.25, 0.3) is 0 Å². The molecular weight excluding hydrogens is 299 g/mol. The van der Waals surface area contributed by atoms with Crippen molar-refractivity contribution < 1.29 is 9.18 Å². The predicted molar refractivity (Wildman–Crippen MR) is 73.5 cm³/mol. The summed E-state index contributed by atoms with van der Waals surface area (Å²) in [5.41, 5.74) is 0. The van der Waals surface area contributed by atoms with Gasteiger partial charge in [0.1, 0.15) is 0 Å². The average Bonchev–Trinajstić information content (AvgIpc) is 2.97. The number of carbonyl (C=O) groups excluding carboxylic acids is 1. The summed E-state index contributed by atoms with van der Waals surface area (Å²) < 4.78 is 12.1. The van der Waals surface area contributed by atoms with Crippen LogP contribution in [0, 0.1) is 5.92 Å². The molecule has 5 heteroatoms. The second kappa shape index (κ2) is 6.22. The number of alkyl halides is 2. The average molecular weight is 321 g/mol. The van der Waals surface area contributed by atoms with Gasteiger partial charge in [-0.15, -0.1) is 0 Å².